The quantitative estimate of drug-likeness (QED) is 0.384. The van der Waals surface area contributed by atoms with Gasteiger partial charge in [0, 0.05) is 0 Å². The topological polar surface area (TPSA) is 97.7 Å². The Hall–Kier alpha value is 0.524. The number of hydrogen-bond donors (Lipinski definition) is 0. The zero-order chi connectivity index (χ0) is 3.58. The summed E-state index contributed by atoms with van der Waals surface area (Å²) in [5.74, 6) is 0. The molecule has 6 heteroatoms. The summed E-state index contributed by atoms with van der Waals surface area (Å²) < 4.78 is 0. The van der Waals surface area contributed by atoms with Gasteiger partial charge in [-0.3, -0.25) is 0 Å². The zero-order valence-corrected chi connectivity index (χ0v) is 6.45. The maximum absolute atomic E-state index is 8.25. The van der Waals surface area contributed by atoms with E-state index in [2.05, 4.69) is 0 Å². The first kappa shape index (κ1) is 16.0. The minimum Gasteiger partial charge on any atom is -0.412 e. The molecule has 0 atom stereocenters. The van der Waals surface area contributed by atoms with Gasteiger partial charge in [0.15, 0.2) is 0 Å². The molecular formula is H2NO4Pr+2. The third kappa shape index (κ3) is 205. The fraction of sp³-hybridized carbons (Fsp3) is 0. The average molecular weight is 221 g/mol. The van der Waals surface area contributed by atoms with Crippen molar-refractivity contribution in [3.63, 3.8) is 0 Å². The Balaban J connectivity index is -0.0000000450. The summed E-state index contributed by atoms with van der Waals surface area (Å²) in [6.45, 7) is 0. The minimum atomic E-state index is -1.75. The fourth-order valence-corrected chi connectivity index (χ4v) is 0. The molecule has 0 radical (unpaired) electrons. The van der Waals surface area contributed by atoms with Crippen LogP contribution in [0.15, 0.2) is 0 Å². The molecule has 0 aliphatic heterocycles. The third-order valence-electron chi connectivity index (χ3n) is 0. The van der Waals surface area contributed by atoms with Crippen LogP contribution in [0, 0.1) is 56.6 Å². The molecule has 0 amide bonds. The van der Waals surface area contributed by atoms with Gasteiger partial charge >= 0.3 is 41.3 Å². The monoisotopic (exact) mass is 221 g/mol. The minimum absolute atomic E-state index is 0. The Kier molecular flexibility index (Phi) is 24.3. The smallest absolute Gasteiger partial charge is 0.412 e. The van der Waals surface area contributed by atoms with Crippen molar-refractivity contribution in [1.29, 1.82) is 0 Å². The van der Waals surface area contributed by atoms with E-state index in [1.165, 1.54) is 0 Å². The van der Waals surface area contributed by atoms with Crippen molar-refractivity contribution in [3.8, 4) is 0 Å². The first-order chi connectivity index (χ1) is 1.73. The fourth-order valence-electron chi connectivity index (χ4n) is 0. The molecule has 0 bridgehead atoms. The molecule has 6 heavy (non-hydrogen) atoms. The molecule has 0 aromatic rings. The predicted octanol–water partition coefficient (Wildman–Crippen LogP) is -1.06. The number of rotatable bonds is 0. The zero-order valence-electron chi connectivity index (χ0n) is 2.75. The summed E-state index contributed by atoms with van der Waals surface area (Å²) in [7, 11) is 0. The van der Waals surface area contributed by atoms with Crippen molar-refractivity contribution in [2.75, 3.05) is 0 Å². The summed E-state index contributed by atoms with van der Waals surface area (Å²) in [4.78, 5) is 8.25. The molecule has 0 aliphatic rings. The molecule has 0 saturated heterocycles. The van der Waals surface area contributed by atoms with E-state index in [-0.39, 0.29) is 46.8 Å². The maximum Gasteiger partial charge on any atom is 3.00 e. The van der Waals surface area contributed by atoms with Crippen molar-refractivity contribution < 1.29 is 51.9 Å². The molecule has 0 heterocycles. The summed E-state index contributed by atoms with van der Waals surface area (Å²) in [5, 5.41) is 14.8. The van der Waals surface area contributed by atoms with Crippen LogP contribution in [0.4, 0.5) is 0 Å². The standard InChI is InChI=1S/NO3.H2O.Pr/c2-1(3)4;;/h;1H2;/q-1;;+3. The van der Waals surface area contributed by atoms with Gasteiger partial charge in [0.05, 0.1) is 5.09 Å². The second-order valence-electron chi connectivity index (χ2n) is 0.224. The normalized spacial score (nSPS) is 4.00. The second kappa shape index (κ2) is 9.10. The molecule has 0 aromatic heterocycles. The molecule has 0 rings (SSSR count). The summed E-state index contributed by atoms with van der Waals surface area (Å²) in [5.41, 5.74) is 0. The van der Waals surface area contributed by atoms with Crippen molar-refractivity contribution in [2.24, 2.45) is 0 Å². The van der Waals surface area contributed by atoms with Gasteiger partial charge in [0.25, 0.3) is 0 Å². The van der Waals surface area contributed by atoms with Gasteiger partial charge in [0.1, 0.15) is 0 Å². The molecule has 0 aliphatic carbocycles. The molecular weight excluding hydrogens is 219 g/mol. The van der Waals surface area contributed by atoms with Gasteiger partial charge in [-0.05, 0) is 0 Å². The first-order valence-electron chi connectivity index (χ1n) is 0.548. The largest absolute Gasteiger partial charge is 3.00 e. The van der Waals surface area contributed by atoms with E-state index >= 15 is 0 Å². The summed E-state index contributed by atoms with van der Waals surface area (Å²) in [6, 6.07) is 0. The number of nitrogens with zero attached hydrogens (tertiary/aromatic N) is 1. The second-order valence-corrected chi connectivity index (χ2v) is 0.224. The Morgan fingerprint density at radius 1 is 1.33 bits per heavy atom. The average Bonchev–Trinajstić information content (AvgIpc) is 0.811. The van der Waals surface area contributed by atoms with E-state index in [1.807, 2.05) is 0 Å². The Morgan fingerprint density at radius 2 is 1.33 bits per heavy atom. The van der Waals surface area contributed by atoms with Crippen LogP contribution in [-0.2, 0) is 0 Å². The van der Waals surface area contributed by atoms with Crippen LogP contribution in [-0.4, -0.2) is 10.6 Å². The van der Waals surface area contributed by atoms with Crippen LogP contribution >= 0.6 is 0 Å². The van der Waals surface area contributed by atoms with Crippen molar-refractivity contribution in [2.45, 2.75) is 0 Å². The third-order valence-corrected chi connectivity index (χ3v) is 0. The van der Waals surface area contributed by atoms with Crippen LogP contribution in [0.5, 0.6) is 0 Å². The Labute approximate surface area is 66.7 Å². The van der Waals surface area contributed by atoms with E-state index in [1.54, 1.807) is 0 Å². The van der Waals surface area contributed by atoms with Gasteiger partial charge in [-0.15, -0.1) is 0 Å². The molecule has 5 nitrogen and oxygen atoms in total. The summed E-state index contributed by atoms with van der Waals surface area (Å²) in [6.07, 6.45) is 0. The van der Waals surface area contributed by atoms with Gasteiger partial charge in [-0.25, -0.2) is 0 Å². The van der Waals surface area contributed by atoms with E-state index in [0.29, 0.717) is 0 Å². The van der Waals surface area contributed by atoms with E-state index < -0.39 is 5.09 Å². The van der Waals surface area contributed by atoms with Gasteiger partial charge in [0.2, 0.25) is 0 Å². The van der Waals surface area contributed by atoms with E-state index in [9.17, 15) is 0 Å². The maximum atomic E-state index is 8.25. The van der Waals surface area contributed by atoms with Crippen LogP contribution in [0.2, 0.25) is 0 Å². The van der Waals surface area contributed by atoms with E-state index in [0.717, 1.165) is 0 Å². The molecule has 32 valence electrons. The van der Waals surface area contributed by atoms with Crippen LogP contribution in [0.25, 0.3) is 0 Å². The summed E-state index contributed by atoms with van der Waals surface area (Å²) >= 11 is 0. The molecule has 0 aromatic carbocycles. The molecule has 2 N–H and O–H groups in total. The molecule has 0 unspecified atom stereocenters. The van der Waals surface area contributed by atoms with Crippen molar-refractivity contribution >= 4 is 0 Å². The van der Waals surface area contributed by atoms with Crippen LogP contribution in [0.3, 0.4) is 0 Å². The molecule has 0 fully saturated rings. The van der Waals surface area contributed by atoms with Crippen LogP contribution < -0.4 is 0 Å². The van der Waals surface area contributed by atoms with Crippen molar-refractivity contribution in [1.82, 2.24) is 0 Å². The Bertz CT molecular complexity index is 30.5. The predicted molar refractivity (Wildman–Crippen MR) is 14.0 cm³/mol. The van der Waals surface area contributed by atoms with E-state index in [4.69, 9.17) is 15.3 Å². The van der Waals surface area contributed by atoms with Gasteiger partial charge in [-0.1, -0.05) is 0 Å². The van der Waals surface area contributed by atoms with Crippen LogP contribution in [0.1, 0.15) is 0 Å². The van der Waals surface area contributed by atoms with Gasteiger partial charge in [-0.2, -0.15) is 0 Å². The SMILES string of the molecule is O.O=[N+]([O-])[O-].[Pr+3]. The van der Waals surface area contributed by atoms with Crippen molar-refractivity contribution in [3.05, 3.63) is 15.3 Å². The first-order valence-corrected chi connectivity index (χ1v) is 0.548. The Morgan fingerprint density at radius 3 is 1.33 bits per heavy atom. The molecule has 0 spiro atoms. The molecule has 0 saturated carbocycles. The number of hydrogen-bond acceptors (Lipinski definition) is 3. The van der Waals surface area contributed by atoms with Gasteiger partial charge < -0.3 is 20.8 Å².